The van der Waals surface area contributed by atoms with Crippen LogP contribution in [0.1, 0.15) is 28.5 Å². The topological polar surface area (TPSA) is 88.6 Å². The molecule has 7 heteroatoms. The van der Waals surface area contributed by atoms with Crippen LogP contribution in [-0.4, -0.2) is 28.9 Å². The third-order valence-electron chi connectivity index (χ3n) is 4.77. The van der Waals surface area contributed by atoms with Crippen molar-refractivity contribution in [2.24, 2.45) is 5.10 Å². The number of hydrogen-bond donors (Lipinski definition) is 2. The summed E-state index contributed by atoms with van der Waals surface area (Å²) in [4.78, 5) is 12.4. The molecule has 4 aromatic rings. The average Bonchev–Trinajstić information content (AvgIpc) is 3.36. The summed E-state index contributed by atoms with van der Waals surface area (Å²) in [7, 11) is 0. The number of aromatic amines is 1. The number of hydrazone groups is 1. The van der Waals surface area contributed by atoms with Crippen LogP contribution in [0.2, 0.25) is 0 Å². The maximum Gasteiger partial charge on any atom is 0.289 e. The summed E-state index contributed by atoms with van der Waals surface area (Å²) in [6, 6.07) is 26.7. The third-order valence-corrected chi connectivity index (χ3v) is 4.77. The van der Waals surface area contributed by atoms with Gasteiger partial charge in [-0.3, -0.25) is 9.89 Å². The molecular weight excluding hydrogens is 416 g/mol. The van der Waals surface area contributed by atoms with Crippen molar-refractivity contribution in [1.29, 1.82) is 0 Å². The van der Waals surface area contributed by atoms with Crippen molar-refractivity contribution in [3.8, 4) is 22.8 Å². The Labute approximate surface area is 192 Å². The first-order valence-electron chi connectivity index (χ1n) is 10.6. The van der Waals surface area contributed by atoms with E-state index in [9.17, 15) is 4.79 Å². The molecule has 0 radical (unpaired) electrons. The summed E-state index contributed by atoms with van der Waals surface area (Å²) in [5.41, 5.74) is 6.23. The first-order valence-corrected chi connectivity index (χ1v) is 10.6. The first kappa shape index (κ1) is 21.8. The molecule has 0 saturated heterocycles. The van der Waals surface area contributed by atoms with Crippen LogP contribution in [0.4, 0.5) is 0 Å². The Morgan fingerprint density at radius 2 is 1.79 bits per heavy atom. The van der Waals surface area contributed by atoms with Crippen molar-refractivity contribution in [2.45, 2.75) is 13.5 Å². The zero-order valence-corrected chi connectivity index (χ0v) is 18.2. The van der Waals surface area contributed by atoms with Gasteiger partial charge in [0.25, 0.3) is 5.91 Å². The number of carbonyl (C=O) groups is 1. The van der Waals surface area contributed by atoms with E-state index in [0.29, 0.717) is 24.6 Å². The molecule has 0 unspecified atom stereocenters. The number of rotatable bonds is 9. The van der Waals surface area contributed by atoms with Crippen LogP contribution in [-0.2, 0) is 6.61 Å². The second kappa shape index (κ2) is 10.8. The van der Waals surface area contributed by atoms with Crippen LogP contribution in [0.5, 0.6) is 11.5 Å². The smallest absolute Gasteiger partial charge is 0.289 e. The Kier molecular flexibility index (Phi) is 7.12. The van der Waals surface area contributed by atoms with Gasteiger partial charge in [-0.2, -0.15) is 10.2 Å². The van der Waals surface area contributed by atoms with Crippen molar-refractivity contribution in [3.63, 3.8) is 0 Å². The number of H-pyrrole nitrogens is 1. The van der Waals surface area contributed by atoms with Crippen molar-refractivity contribution >= 4 is 12.1 Å². The van der Waals surface area contributed by atoms with Crippen LogP contribution in [0, 0.1) is 0 Å². The SMILES string of the molecule is CCOc1ccc(C=NNC(=O)c2cc(-c3cccc(OCc4ccccc4)c3)n[nH]2)cc1. The highest BCUT2D eigenvalue weighted by Gasteiger charge is 2.11. The monoisotopic (exact) mass is 440 g/mol. The lowest BCUT2D eigenvalue weighted by molar-refractivity contribution is 0.0950. The van der Waals surface area contributed by atoms with Gasteiger partial charge in [0.15, 0.2) is 0 Å². The Morgan fingerprint density at radius 1 is 0.970 bits per heavy atom. The second-order valence-corrected chi connectivity index (χ2v) is 7.17. The third kappa shape index (κ3) is 6.07. The van der Waals surface area contributed by atoms with E-state index < -0.39 is 0 Å². The zero-order valence-electron chi connectivity index (χ0n) is 18.2. The minimum Gasteiger partial charge on any atom is -0.494 e. The van der Waals surface area contributed by atoms with Gasteiger partial charge in [0.05, 0.1) is 18.5 Å². The summed E-state index contributed by atoms with van der Waals surface area (Å²) in [5.74, 6) is 1.14. The first-order chi connectivity index (χ1) is 16.2. The summed E-state index contributed by atoms with van der Waals surface area (Å²) in [6.07, 6.45) is 1.57. The van der Waals surface area contributed by atoms with E-state index in [4.69, 9.17) is 9.47 Å². The van der Waals surface area contributed by atoms with Crippen LogP contribution < -0.4 is 14.9 Å². The predicted molar refractivity (Wildman–Crippen MR) is 127 cm³/mol. The molecule has 166 valence electrons. The maximum atomic E-state index is 12.4. The molecule has 0 spiro atoms. The Bertz CT molecular complexity index is 1220. The number of amides is 1. The van der Waals surface area contributed by atoms with E-state index in [0.717, 1.165) is 28.2 Å². The lowest BCUT2D eigenvalue weighted by Gasteiger charge is -2.07. The summed E-state index contributed by atoms with van der Waals surface area (Å²) >= 11 is 0. The van der Waals surface area contributed by atoms with Gasteiger partial charge < -0.3 is 9.47 Å². The molecule has 4 rings (SSSR count). The highest BCUT2D eigenvalue weighted by atomic mass is 16.5. The van der Waals surface area contributed by atoms with Gasteiger partial charge in [-0.25, -0.2) is 5.43 Å². The molecule has 1 amide bonds. The molecular formula is C26H24N4O3. The van der Waals surface area contributed by atoms with E-state index in [-0.39, 0.29) is 5.91 Å². The Balaban J connectivity index is 1.35. The molecule has 7 nitrogen and oxygen atoms in total. The van der Waals surface area contributed by atoms with E-state index in [1.807, 2.05) is 85.8 Å². The van der Waals surface area contributed by atoms with Crippen LogP contribution in [0.3, 0.4) is 0 Å². The molecule has 0 atom stereocenters. The number of nitrogens with zero attached hydrogens (tertiary/aromatic N) is 2. The molecule has 0 fully saturated rings. The summed E-state index contributed by atoms with van der Waals surface area (Å²) in [6.45, 7) is 3.02. The van der Waals surface area contributed by atoms with Gasteiger partial charge in [0.1, 0.15) is 23.8 Å². The molecule has 0 bridgehead atoms. The Hall–Kier alpha value is -4.39. The predicted octanol–water partition coefficient (Wildman–Crippen LogP) is 4.82. The van der Waals surface area contributed by atoms with E-state index >= 15 is 0 Å². The van der Waals surface area contributed by atoms with Crippen LogP contribution in [0.25, 0.3) is 11.3 Å². The Morgan fingerprint density at radius 3 is 2.58 bits per heavy atom. The standard InChI is InChI=1S/C26H24N4O3/c1-2-32-22-13-11-19(12-14-22)17-27-30-26(31)25-16-24(28-29-25)21-9-6-10-23(15-21)33-18-20-7-4-3-5-8-20/h3-17H,2,18H2,1H3,(H,28,29)(H,30,31). The molecule has 0 aliphatic carbocycles. The largest absolute Gasteiger partial charge is 0.494 e. The van der Waals surface area contributed by atoms with Crippen molar-refractivity contribution in [1.82, 2.24) is 15.6 Å². The minimum absolute atomic E-state index is 0.310. The van der Waals surface area contributed by atoms with Gasteiger partial charge in [0, 0.05) is 5.56 Å². The molecule has 2 N–H and O–H groups in total. The number of nitrogens with one attached hydrogen (secondary N) is 2. The molecule has 0 aliphatic heterocycles. The van der Waals surface area contributed by atoms with E-state index in [2.05, 4.69) is 20.7 Å². The highest BCUT2D eigenvalue weighted by Crippen LogP contribution is 2.23. The molecule has 3 aromatic carbocycles. The number of ether oxygens (including phenoxy) is 2. The van der Waals surface area contributed by atoms with Crippen molar-refractivity contribution < 1.29 is 14.3 Å². The number of aromatic nitrogens is 2. The number of benzene rings is 3. The van der Waals surface area contributed by atoms with Gasteiger partial charge in [0.2, 0.25) is 0 Å². The van der Waals surface area contributed by atoms with Crippen molar-refractivity contribution in [3.05, 3.63) is 102 Å². The highest BCUT2D eigenvalue weighted by molar-refractivity contribution is 5.94. The van der Waals surface area contributed by atoms with Gasteiger partial charge >= 0.3 is 0 Å². The normalized spacial score (nSPS) is 10.8. The fourth-order valence-corrected chi connectivity index (χ4v) is 3.11. The van der Waals surface area contributed by atoms with Crippen molar-refractivity contribution in [2.75, 3.05) is 6.61 Å². The molecule has 33 heavy (non-hydrogen) atoms. The lowest BCUT2D eigenvalue weighted by atomic mass is 10.1. The second-order valence-electron chi connectivity index (χ2n) is 7.17. The van der Waals surface area contributed by atoms with E-state index in [1.165, 1.54) is 0 Å². The average molecular weight is 441 g/mol. The fraction of sp³-hybridized carbons (Fsp3) is 0.115. The minimum atomic E-state index is -0.382. The number of carbonyl (C=O) groups excluding carboxylic acids is 1. The van der Waals surface area contributed by atoms with Crippen LogP contribution in [0.15, 0.2) is 90.0 Å². The van der Waals surface area contributed by atoms with E-state index in [1.54, 1.807) is 12.3 Å². The molecule has 1 heterocycles. The summed E-state index contributed by atoms with van der Waals surface area (Å²) < 4.78 is 11.3. The van der Waals surface area contributed by atoms with Gasteiger partial charge in [-0.15, -0.1) is 0 Å². The van der Waals surface area contributed by atoms with Gasteiger partial charge in [-0.05, 0) is 60.5 Å². The number of hydrogen-bond acceptors (Lipinski definition) is 5. The maximum absolute atomic E-state index is 12.4. The molecule has 0 aliphatic rings. The fourth-order valence-electron chi connectivity index (χ4n) is 3.11. The van der Waals surface area contributed by atoms with Crippen LogP contribution >= 0.6 is 0 Å². The summed E-state index contributed by atoms with van der Waals surface area (Å²) in [5, 5.41) is 11.0. The molecule has 0 saturated carbocycles. The molecule has 1 aromatic heterocycles. The zero-order chi connectivity index (χ0) is 22.9. The van der Waals surface area contributed by atoms with Gasteiger partial charge in [-0.1, -0.05) is 42.5 Å². The quantitative estimate of drug-likeness (QED) is 0.289. The lowest BCUT2D eigenvalue weighted by Crippen LogP contribution is -2.17.